The van der Waals surface area contributed by atoms with Gasteiger partial charge in [0.25, 0.3) is 0 Å². The average molecular weight is 306 g/mol. The number of esters is 2. The van der Waals surface area contributed by atoms with Crippen LogP contribution in [0.1, 0.15) is 0 Å². The van der Waals surface area contributed by atoms with Gasteiger partial charge in [-0.05, 0) is 11.8 Å². The number of hydrogen-bond donors (Lipinski definition) is 2. The van der Waals surface area contributed by atoms with E-state index in [1.165, 1.54) is 14.2 Å². The van der Waals surface area contributed by atoms with Crippen LogP contribution in [0.5, 0.6) is 0 Å². The van der Waals surface area contributed by atoms with Gasteiger partial charge in [-0.1, -0.05) is 24.3 Å². The lowest BCUT2D eigenvalue weighted by Crippen LogP contribution is -2.52. The maximum Gasteiger partial charge on any atom is 0.339 e. The van der Waals surface area contributed by atoms with Gasteiger partial charge in [-0.15, -0.1) is 0 Å². The maximum absolute atomic E-state index is 12.2. The van der Waals surface area contributed by atoms with Gasteiger partial charge in [0.05, 0.1) is 14.2 Å². The molecule has 2 N–H and O–H groups in total. The molecule has 0 heterocycles. The van der Waals surface area contributed by atoms with E-state index in [1.807, 2.05) is 0 Å². The maximum atomic E-state index is 12.2. The number of carbonyl (C=O) groups excluding carboxylic acids is 2. The summed E-state index contributed by atoms with van der Waals surface area (Å²) in [5.74, 6) is -3.46. The van der Waals surface area contributed by atoms with Gasteiger partial charge in [0, 0.05) is 23.7 Å². The molecule has 0 saturated heterocycles. The summed E-state index contributed by atoms with van der Waals surface area (Å²) in [6, 6.07) is 0. The summed E-state index contributed by atoms with van der Waals surface area (Å²) >= 11 is 0. The molecular weight excluding hydrogens is 288 g/mol. The van der Waals surface area contributed by atoms with E-state index in [2.05, 4.69) is 0 Å². The Balaban J connectivity index is 1.84. The first kappa shape index (κ1) is 14.0. The first-order chi connectivity index (χ1) is 10.4. The largest absolute Gasteiger partial charge is 0.467 e. The molecule has 2 saturated carbocycles. The normalized spacial score (nSPS) is 52.9. The lowest BCUT2D eigenvalue weighted by atomic mass is 9.78. The molecule has 6 nitrogen and oxygen atoms in total. The monoisotopic (exact) mass is 306 g/mol. The Labute approximate surface area is 127 Å². The first-order valence-electron chi connectivity index (χ1n) is 7.40. The SMILES string of the molecule is COC(=O)C1(O)[C@@H]2C=C[C@@H]3C2C2[C@@H]1C=C[C@@H]2C3(O)C(=O)OC. The summed E-state index contributed by atoms with van der Waals surface area (Å²) in [6.45, 7) is 0. The van der Waals surface area contributed by atoms with Crippen LogP contribution >= 0.6 is 0 Å². The van der Waals surface area contributed by atoms with Crippen molar-refractivity contribution in [2.75, 3.05) is 14.2 Å². The molecule has 6 heteroatoms. The molecule has 0 spiro atoms. The molecule has 0 aromatic carbocycles. The number of methoxy groups -OCH3 is 2. The third-order valence-electron chi connectivity index (χ3n) is 6.21. The summed E-state index contributed by atoms with van der Waals surface area (Å²) in [5, 5.41) is 22.1. The van der Waals surface area contributed by atoms with Crippen molar-refractivity contribution in [3.63, 3.8) is 0 Å². The minimum absolute atomic E-state index is 0.168. The molecule has 2 unspecified atom stereocenters. The third-order valence-corrected chi connectivity index (χ3v) is 6.21. The molecule has 4 rings (SSSR count). The zero-order valence-corrected chi connectivity index (χ0v) is 12.3. The summed E-state index contributed by atoms with van der Waals surface area (Å²) in [6.07, 6.45) is 6.95. The smallest absolute Gasteiger partial charge is 0.339 e. The summed E-state index contributed by atoms with van der Waals surface area (Å²) in [4.78, 5) is 24.4. The van der Waals surface area contributed by atoms with Gasteiger partial charge < -0.3 is 19.7 Å². The molecule has 2 fully saturated rings. The number of carbonyl (C=O) groups is 2. The molecule has 0 aromatic heterocycles. The molecule has 0 aromatic rings. The number of aliphatic hydroxyl groups is 2. The molecule has 4 aliphatic carbocycles. The van der Waals surface area contributed by atoms with Gasteiger partial charge in [-0.2, -0.15) is 0 Å². The second kappa shape index (κ2) is 4.00. The zero-order chi connectivity index (χ0) is 15.9. The fourth-order valence-electron chi connectivity index (χ4n) is 5.47. The summed E-state index contributed by atoms with van der Waals surface area (Å²) < 4.78 is 9.63. The highest BCUT2D eigenvalue weighted by atomic mass is 16.5. The molecular formula is C16H18O6. The zero-order valence-electron chi connectivity index (χ0n) is 12.3. The quantitative estimate of drug-likeness (QED) is 0.535. The number of hydrogen-bond acceptors (Lipinski definition) is 6. The van der Waals surface area contributed by atoms with Gasteiger partial charge in [-0.3, -0.25) is 0 Å². The Bertz CT molecular complexity index is 538. The van der Waals surface area contributed by atoms with Crippen LogP contribution in [-0.2, 0) is 19.1 Å². The fraction of sp³-hybridized carbons (Fsp3) is 0.625. The highest BCUT2D eigenvalue weighted by Crippen LogP contribution is 2.69. The lowest BCUT2D eigenvalue weighted by Gasteiger charge is -2.33. The van der Waals surface area contributed by atoms with Crippen molar-refractivity contribution >= 4 is 11.9 Å². The molecule has 22 heavy (non-hydrogen) atoms. The topological polar surface area (TPSA) is 93.1 Å². The molecule has 4 aliphatic rings. The molecule has 6 atom stereocenters. The number of ether oxygens (including phenoxy) is 2. The second-order valence-corrected chi connectivity index (χ2v) is 6.66. The number of rotatable bonds is 2. The Morgan fingerprint density at radius 3 is 1.27 bits per heavy atom. The fourth-order valence-corrected chi connectivity index (χ4v) is 5.47. The van der Waals surface area contributed by atoms with Crippen LogP contribution in [0.15, 0.2) is 24.3 Å². The van der Waals surface area contributed by atoms with E-state index < -0.39 is 46.8 Å². The minimum Gasteiger partial charge on any atom is -0.467 e. The van der Waals surface area contributed by atoms with Crippen LogP contribution in [0, 0.1) is 35.5 Å². The Morgan fingerprint density at radius 1 is 0.773 bits per heavy atom. The predicted octanol–water partition coefficient (Wildman–Crippen LogP) is -0.341. The van der Waals surface area contributed by atoms with E-state index in [0.717, 1.165) is 0 Å². The van der Waals surface area contributed by atoms with E-state index >= 15 is 0 Å². The minimum atomic E-state index is -1.63. The van der Waals surface area contributed by atoms with Crippen LogP contribution in [0.25, 0.3) is 0 Å². The Hall–Kier alpha value is -1.66. The van der Waals surface area contributed by atoms with E-state index in [-0.39, 0.29) is 11.8 Å². The van der Waals surface area contributed by atoms with E-state index in [1.54, 1.807) is 24.3 Å². The molecule has 0 amide bonds. The van der Waals surface area contributed by atoms with Crippen molar-refractivity contribution in [2.45, 2.75) is 11.2 Å². The van der Waals surface area contributed by atoms with Gasteiger partial charge in [-0.25, -0.2) is 9.59 Å². The van der Waals surface area contributed by atoms with E-state index in [9.17, 15) is 19.8 Å². The van der Waals surface area contributed by atoms with Crippen LogP contribution in [0.3, 0.4) is 0 Å². The van der Waals surface area contributed by atoms with Crippen molar-refractivity contribution in [1.82, 2.24) is 0 Å². The van der Waals surface area contributed by atoms with Crippen molar-refractivity contribution in [3.8, 4) is 0 Å². The Morgan fingerprint density at radius 2 is 1.05 bits per heavy atom. The molecule has 0 radical (unpaired) electrons. The predicted molar refractivity (Wildman–Crippen MR) is 73.2 cm³/mol. The molecule has 118 valence electrons. The third kappa shape index (κ3) is 1.18. The second-order valence-electron chi connectivity index (χ2n) is 6.66. The highest BCUT2D eigenvalue weighted by molar-refractivity contribution is 5.85. The van der Waals surface area contributed by atoms with Crippen LogP contribution < -0.4 is 0 Å². The van der Waals surface area contributed by atoms with Crippen molar-refractivity contribution in [2.24, 2.45) is 35.5 Å². The standard InChI is InChI=1S/C16H18O6/c1-21-13(17)15(19)7-3-5-9-11(7)12-8(15)4-6-10(12)16(9,20)14(18)22-2/h3-12,19-20H,1-2H3/t7-,8+,9-,10+,11?,12?,15?,16?. The van der Waals surface area contributed by atoms with Crippen LogP contribution in [-0.4, -0.2) is 47.6 Å². The van der Waals surface area contributed by atoms with E-state index in [0.29, 0.717) is 0 Å². The van der Waals surface area contributed by atoms with Crippen LogP contribution in [0.4, 0.5) is 0 Å². The van der Waals surface area contributed by atoms with Gasteiger partial charge in [0.1, 0.15) is 0 Å². The van der Waals surface area contributed by atoms with Crippen molar-refractivity contribution in [1.29, 1.82) is 0 Å². The van der Waals surface area contributed by atoms with Crippen molar-refractivity contribution < 1.29 is 29.3 Å². The highest BCUT2D eigenvalue weighted by Gasteiger charge is 2.77. The lowest BCUT2D eigenvalue weighted by molar-refractivity contribution is -0.174. The van der Waals surface area contributed by atoms with Gasteiger partial charge in [0.2, 0.25) is 0 Å². The Kier molecular flexibility index (Phi) is 2.54. The summed E-state index contributed by atoms with van der Waals surface area (Å²) in [7, 11) is 2.51. The van der Waals surface area contributed by atoms with E-state index in [4.69, 9.17) is 9.47 Å². The molecule has 0 aliphatic heterocycles. The van der Waals surface area contributed by atoms with Crippen molar-refractivity contribution in [3.05, 3.63) is 24.3 Å². The van der Waals surface area contributed by atoms with Crippen LogP contribution in [0.2, 0.25) is 0 Å². The average Bonchev–Trinajstić information content (AvgIpc) is 3.22. The van der Waals surface area contributed by atoms with Gasteiger partial charge in [0.15, 0.2) is 11.2 Å². The summed E-state index contributed by atoms with van der Waals surface area (Å²) in [5.41, 5.74) is -3.25. The first-order valence-corrected chi connectivity index (χ1v) is 7.40. The molecule has 0 bridgehead atoms. The van der Waals surface area contributed by atoms with Gasteiger partial charge >= 0.3 is 11.9 Å².